The molecule has 0 aliphatic rings. The number of aliphatic carboxylic acids is 1. The predicted octanol–water partition coefficient (Wildman–Crippen LogP) is 1.59. The maximum Gasteiger partial charge on any atom is 0.328 e. The number of carboxylic acid groups (broad SMARTS) is 1. The monoisotopic (exact) mass is 177 g/mol. The molecule has 0 aliphatic heterocycles. The predicted molar refractivity (Wildman–Crippen MR) is 48.5 cm³/mol. The Morgan fingerprint density at radius 1 is 1.62 bits per heavy atom. The summed E-state index contributed by atoms with van der Waals surface area (Å²) in [6.07, 6.45) is 2.58. The van der Waals surface area contributed by atoms with Crippen LogP contribution in [0.25, 0.3) is 6.08 Å². The summed E-state index contributed by atoms with van der Waals surface area (Å²) in [5.41, 5.74) is 0.781. The van der Waals surface area contributed by atoms with Crippen LogP contribution in [0.4, 0.5) is 0 Å². The summed E-state index contributed by atoms with van der Waals surface area (Å²) in [5.74, 6) is -0.330. The molecule has 0 spiro atoms. The van der Waals surface area contributed by atoms with E-state index >= 15 is 0 Å². The first-order valence-corrected chi connectivity index (χ1v) is 3.69. The quantitative estimate of drug-likeness (QED) is 0.713. The number of hydrogen-bond donors (Lipinski definition) is 1. The third-order valence-electron chi connectivity index (χ3n) is 1.45. The molecule has 1 aromatic rings. The molecule has 0 bridgehead atoms. The van der Waals surface area contributed by atoms with E-state index in [2.05, 4.69) is 6.07 Å². The molecule has 1 rings (SSSR count). The molecule has 0 amide bonds. The lowest BCUT2D eigenvalue weighted by Crippen LogP contribution is -1.86. The van der Waals surface area contributed by atoms with E-state index in [-0.39, 0.29) is 0 Å². The number of ether oxygens (including phenoxy) is 1. The van der Waals surface area contributed by atoms with Gasteiger partial charge in [-0.15, -0.1) is 0 Å². The molecule has 1 N–H and O–H groups in total. The van der Waals surface area contributed by atoms with Crippen molar-refractivity contribution < 1.29 is 14.6 Å². The fourth-order valence-electron chi connectivity index (χ4n) is 0.821. The second-order valence-electron chi connectivity index (χ2n) is 2.36. The Morgan fingerprint density at radius 2 is 2.38 bits per heavy atom. The molecule has 1 aromatic carbocycles. The Labute approximate surface area is 76.3 Å². The highest BCUT2D eigenvalue weighted by atomic mass is 16.5. The molecule has 0 unspecified atom stereocenters. The number of carboxylic acids is 1. The molecule has 13 heavy (non-hydrogen) atoms. The molecule has 67 valence electrons. The second kappa shape index (κ2) is 4.30. The molecule has 0 aromatic heterocycles. The summed E-state index contributed by atoms with van der Waals surface area (Å²) in [4.78, 5) is 10.2. The molecule has 0 aliphatic carbocycles. The van der Waals surface area contributed by atoms with E-state index in [1.807, 2.05) is 0 Å². The minimum atomic E-state index is -0.962. The van der Waals surface area contributed by atoms with E-state index in [1.165, 1.54) is 6.08 Å². The van der Waals surface area contributed by atoms with Gasteiger partial charge >= 0.3 is 5.97 Å². The number of benzene rings is 1. The van der Waals surface area contributed by atoms with Gasteiger partial charge in [0.15, 0.2) is 0 Å². The summed E-state index contributed by atoms with van der Waals surface area (Å²) in [6, 6.07) is 7.99. The number of hydrogen-bond acceptors (Lipinski definition) is 2. The smallest absolute Gasteiger partial charge is 0.328 e. The highest BCUT2D eigenvalue weighted by Crippen LogP contribution is 2.11. The van der Waals surface area contributed by atoms with Crippen LogP contribution in [0.15, 0.2) is 24.3 Å². The van der Waals surface area contributed by atoms with Crippen LogP contribution in [-0.4, -0.2) is 18.2 Å². The zero-order valence-electron chi connectivity index (χ0n) is 7.15. The van der Waals surface area contributed by atoms with Gasteiger partial charge in [0, 0.05) is 12.1 Å². The lowest BCUT2D eigenvalue weighted by molar-refractivity contribution is -0.131. The first kappa shape index (κ1) is 9.32. The molecule has 0 fully saturated rings. The normalized spacial score (nSPS) is 10.2. The van der Waals surface area contributed by atoms with Crippen molar-refractivity contribution in [2.75, 3.05) is 7.11 Å². The van der Waals surface area contributed by atoms with Gasteiger partial charge in [0.05, 0.1) is 7.11 Å². The first-order valence-electron chi connectivity index (χ1n) is 3.69. The Kier molecular flexibility index (Phi) is 3.09. The number of methoxy groups -OCH3 is 1. The van der Waals surface area contributed by atoms with Crippen molar-refractivity contribution in [3.63, 3.8) is 0 Å². The molecule has 1 radical (unpaired) electrons. The lowest BCUT2D eigenvalue weighted by atomic mass is 10.2. The van der Waals surface area contributed by atoms with Gasteiger partial charge < -0.3 is 9.84 Å². The maximum absolute atomic E-state index is 10.2. The average molecular weight is 177 g/mol. The van der Waals surface area contributed by atoms with Gasteiger partial charge in [-0.25, -0.2) is 4.79 Å². The Balaban J connectivity index is 2.75. The summed E-state index contributed by atoms with van der Waals surface area (Å²) in [7, 11) is 1.55. The van der Waals surface area contributed by atoms with E-state index < -0.39 is 5.97 Å². The molecule has 0 saturated carbocycles. The van der Waals surface area contributed by atoms with Crippen molar-refractivity contribution in [2.24, 2.45) is 0 Å². The Hall–Kier alpha value is -1.77. The summed E-state index contributed by atoms with van der Waals surface area (Å²) < 4.78 is 4.90. The first-order chi connectivity index (χ1) is 6.22. The molecule has 0 saturated heterocycles. The molecule has 3 nitrogen and oxygen atoms in total. The van der Waals surface area contributed by atoms with E-state index in [9.17, 15) is 4.79 Å². The van der Waals surface area contributed by atoms with Crippen LogP contribution in [-0.2, 0) is 4.79 Å². The molecular formula is C10H9O3. The van der Waals surface area contributed by atoms with Gasteiger partial charge in [0.2, 0.25) is 0 Å². The zero-order chi connectivity index (χ0) is 9.68. The van der Waals surface area contributed by atoms with Crippen molar-refractivity contribution >= 4 is 12.0 Å². The fraction of sp³-hybridized carbons (Fsp3) is 0.100. The van der Waals surface area contributed by atoms with Crippen molar-refractivity contribution in [3.8, 4) is 5.75 Å². The summed E-state index contributed by atoms with van der Waals surface area (Å²) in [5, 5.41) is 8.35. The van der Waals surface area contributed by atoms with Crippen LogP contribution in [0, 0.1) is 6.07 Å². The topological polar surface area (TPSA) is 46.5 Å². The summed E-state index contributed by atoms with van der Waals surface area (Å²) in [6.45, 7) is 0. The Bertz CT molecular complexity index is 311. The summed E-state index contributed by atoms with van der Waals surface area (Å²) >= 11 is 0. The minimum Gasteiger partial charge on any atom is -0.496 e. The Morgan fingerprint density at radius 3 is 2.85 bits per heavy atom. The standard InChI is InChI=1S/C10H9O3/c1-13-9-5-2-8(3-6-9)4-7-10(11)12/h2-5,7H,1H3,(H,11,12)/b7-4+. The van der Waals surface area contributed by atoms with Crippen molar-refractivity contribution in [1.29, 1.82) is 0 Å². The van der Waals surface area contributed by atoms with Crippen LogP contribution in [0.3, 0.4) is 0 Å². The van der Waals surface area contributed by atoms with Crippen molar-refractivity contribution in [3.05, 3.63) is 35.9 Å². The van der Waals surface area contributed by atoms with Gasteiger partial charge in [-0.1, -0.05) is 6.07 Å². The van der Waals surface area contributed by atoms with Crippen LogP contribution in [0.1, 0.15) is 5.56 Å². The SMILES string of the molecule is COc1[c]cc(/C=C/C(=O)O)cc1. The minimum absolute atomic E-state index is 0.632. The third-order valence-corrected chi connectivity index (χ3v) is 1.45. The van der Waals surface area contributed by atoms with Crippen molar-refractivity contribution in [2.45, 2.75) is 0 Å². The van der Waals surface area contributed by atoms with E-state index in [1.54, 1.807) is 25.3 Å². The maximum atomic E-state index is 10.2. The fourth-order valence-corrected chi connectivity index (χ4v) is 0.821. The van der Waals surface area contributed by atoms with Crippen LogP contribution < -0.4 is 4.74 Å². The lowest BCUT2D eigenvalue weighted by Gasteiger charge is -1.97. The molecule has 0 heterocycles. The van der Waals surface area contributed by atoms with Gasteiger partial charge in [0.1, 0.15) is 5.75 Å². The molecule has 0 atom stereocenters. The van der Waals surface area contributed by atoms with E-state index in [4.69, 9.17) is 9.84 Å². The second-order valence-corrected chi connectivity index (χ2v) is 2.36. The molecule has 3 heteroatoms. The van der Waals surface area contributed by atoms with E-state index in [0.29, 0.717) is 5.75 Å². The molecular weight excluding hydrogens is 168 g/mol. The van der Waals surface area contributed by atoms with Crippen molar-refractivity contribution in [1.82, 2.24) is 0 Å². The average Bonchev–Trinajstić information content (AvgIpc) is 2.15. The highest BCUT2D eigenvalue weighted by Gasteiger charge is 1.91. The van der Waals surface area contributed by atoms with E-state index in [0.717, 1.165) is 11.6 Å². The number of rotatable bonds is 3. The number of carbonyl (C=O) groups is 1. The van der Waals surface area contributed by atoms with Crippen LogP contribution in [0.2, 0.25) is 0 Å². The van der Waals surface area contributed by atoms with Gasteiger partial charge in [-0.3, -0.25) is 0 Å². The van der Waals surface area contributed by atoms with Gasteiger partial charge in [0.25, 0.3) is 0 Å². The zero-order valence-corrected chi connectivity index (χ0v) is 7.15. The largest absolute Gasteiger partial charge is 0.496 e. The third kappa shape index (κ3) is 2.99. The van der Waals surface area contributed by atoms with Crippen LogP contribution in [0.5, 0.6) is 5.75 Å². The van der Waals surface area contributed by atoms with Crippen LogP contribution >= 0.6 is 0 Å². The van der Waals surface area contributed by atoms with Gasteiger partial charge in [-0.2, -0.15) is 0 Å². The van der Waals surface area contributed by atoms with Gasteiger partial charge in [-0.05, 0) is 23.8 Å². The highest BCUT2D eigenvalue weighted by molar-refractivity contribution is 5.85.